The summed E-state index contributed by atoms with van der Waals surface area (Å²) in [5.74, 6) is 0. The van der Waals surface area contributed by atoms with Crippen molar-refractivity contribution in [3.05, 3.63) is 208 Å². The first-order chi connectivity index (χ1) is 34.4. The van der Waals surface area contributed by atoms with Crippen LogP contribution in [0, 0.1) is 13.8 Å². The lowest BCUT2D eigenvalue weighted by molar-refractivity contribution is 0.590. The number of hydrogen-bond acceptors (Lipinski definition) is 3. The van der Waals surface area contributed by atoms with Gasteiger partial charge in [0.15, 0.2) is 0 Å². The molecule has 0 N–H and O–H groups in total. The van der Waals surface area contributed by atoms with Crippen LogP contribution in [0.4, 0.5) is 17.1 Å². The number of nitrogens with zero attached hydrogens (tertiary/aromatic N) is 1. The summed E-state index contributed by atoms with van der Waals surface area (Å²) in [7, 11) is 0. The molecule has 14 rings (SSSR count). The fourth-order valence-corrected chi connectivity index (χ4v) is 13.7. The molecule has 11 aromatic rings. The van der Waals surface area contributed by atoms with Crippen molar-refractivity contribution in [2.75, 3.05) is 4.90 Å². The van der Waals surface area contributed by atoms with E-state index in [0.717, 1.165) is 44.7 Å². The number of aryl methyl sites for hydroxylation is 2. The third-order valence-corrected chi connectivity index (χ3v) is 17.2. The van der Waals surface area contributed by atoms with Gasteiger partial charge >= 0.3 is 0 Å². The second-order valence-corrected chi connectivity index (χ2v) is 23.8. The lowest BCUT2D eigenvalue weighted by Crippen LogP contribution is -2.24. The Kier molecular flexibility index (Phi) is 8.57. The normalized spacial score (nSPS) is 15.5. The Bertz CT molecular complexity index is 4180. The van der Waals surface area contributed by atoms with E-state index in [-0.39, 0.29) is 21.7 Å². The predicted octanol–water partition coefficient (Wildman–Crippen LogP) is 19.5. The molecule has 0 amide bonds. The Morgan fingerprint density at radius 3 is 1.61 bits per heavy atom. The SMILES string of the molecule is Cc1ccc(-c2cc3c(c4c2oc2ccccc24)-c2ccc(N(c4ccc5c(c4)C(C)(C)c4c6c(c7oc8ccccc8c7c4-5)-c4ccccc4C6(C)C)c4ccc(C)cc4C(C)(C)C)cc2C3(C)C)cc1. The quantitative estimate of drug-likeness (QED) is 0.176. The van der Waals surface area contributed by atoms with E-state index in [1.54, 1.807) is 0 Å². The van der Waals surface area contributed by atoms with Crippen LogP contribution in [0.25, 0.3) is 88.4 Å². The number of benzene rings is 9. The fourth-order valence-electron chi connectivity index (χ4n) is 13.7. The smallest absolute Gasteiger partial charge is 0.144 e. The molecule has 0 radical (unpaired) electrons. The molecule has 0 bridgehead atoms. The molecule has 3 aliphatic rings. The molecule has 352 valence electrons. The second-order valence-electron chi connectivity index (χ2n) is 23.8. The molecular formula is C69H59NO2. The molecule has 3 heteroatoms. The first-order valence-electron chi connectivity index (χ1n) is 25.8. The summed E-state index contributed by atoms with van der Waals surface area (Å²) in [4.78, 5) is 2.56. The maximum atomic E-state index is 7.02. The monoisotopic (exact) mass is 933 g/mol. The summed E-state index contributed by atoms with van der Waals surface area (Å²) in [6, 6.07) is 59.2. The predicted molar refractivity (Wildman–Crippen MR) is 302 cm³/mol. The van der Waals surface area contributed by atoms with E-state index < -0.39 is 0 Å². The van der Waals surface area contributed by atoms with Crippen molar-refractivity contribution in [3.8, 4) is 44.5 Å². The lowest BCUT2D eigenvalue weighted by atomic mass is 9.72. The van der Waals surface area contributed by atoms with E-state index >= 15 is 0 Å². The maximum Gasteiger partial charge on any atom is 0.144 e. The van der Waals surface area contributed by atoms with Crippen LogP contribution in [0.2, 0.25) is 0 Å². The number of para-hydroxylation sites is 2. The van der Waals surface area contributed by atoms with Gasteiger partial charge in [-0.25, -0.2) is 0 Å². The molecular weight excluding hydrogens is 875 g/mol. The van der Waals surface area contributed by atoms with E-state index in [0.29, 0.717) is 0 Å². The van der Waals surface area contributed by atoms with Gasteiger partial charge in [0.1, 0.15) is 22.3 Å². The zero-order chi connectivity index (χ0) is 49.5. The van der Waals surface area contributed by atoms with Crippen LogP contribution < -0.4 is 4.90 Å². The molecule has 0 fully saturated rings. The largest absolute Gasteiger partial charge is 0.455 e. The molecule has 72 heavy (non-hydrogen) atoms. The van der Waals surface area contributed by atoms with E-state index in [1.165, 1.54) is 111 Å². The first kappa shape index (κ1) is 43.2. The summed E-state index contributed by atoms with van der Waals surface area (Å²) in [5, 5.41) is 4.75. The number of anilines is 3. The van der Waals surface area contributed by atoms with Crippen LogP contribution in [-0.4, -0.2) is 0 Å². The van der Waals surface area contributed by atoms with Crippen LogP contribution in [0.15, 0.2) is 167 Å². The third-order valence-electron chi connectivity index (χ3n) is 17.2. The first-order valence-corrected chi connectivity index (χ1v) is 25.8. The van der Waals surface area contributed by atoms with Gasteiger partial charge in [0, 0.05) is 66.0 Å². The Hall–Kier alpha value is -7.62. The molecule has 2 heterocycles. The molecule has 3 nitrogen and oxygen atoms in total. The molecule has 3 aliphatic carbocycles. The molecule has 0 saturated carbocycles. The van der Waals surface area contributed by atoms with E-state index in [2.05, 4.69) is 239 Å². The minimum atomic E-state index is -0.335. The summed E-state index contributed by atoms with van der Waals surface area (Å²) in [6.07, 6.45) is 0. The number of hydrogen-bond donors (Lipinski definition) is 0. The molecule has 0 aliphatic heterocycles. The van der Waals surface area contributed by atoms with Crippen molar-refractivity contribution < 1.29 is 8.83 Å². The van der Waals surface area contributed by atoms with Crippen LogP contribution in [0.3, 0.4) is 0 Å². The summed E-state index contributed by atoms with van der Waals surface area (Å²) < 4.78 is 13.9. The van der Waals surface area contributed by atoms with Gasteiger partial charge < -0.3 is 13.7 Å². The van der Waals surface area contributed by atoms with Gasteiger partial charge in [-0.05, 0) is 140 Å². The molecule has 2 aromatic heterocycles. The second kappa shape index (κ2) is 14.3. The zero-order valence-electron chi connectivity index (χ0n) is 43.3. The van der Waals surface area contributed by atoms with Gasteiger partial charge in [-0.2, -0.15) is 0 Å². The van der Waals surface area contributed by atoms with Crippen molar-refractivity contribution >= 4 is 60.9 Å². The van der Waals surface area contributed by atoms with Crippen LogP contribution in [0.5, 0.6) is 0 Å². The van der Waals surface area contributed by atoms with Crippen LogP contribution in [-0.2, 0) is 21.7 Å². The van der Waals surface area contributed by atoms with Gasteiger partial charge in [0.25, 0.3) is 0 Å². The average molecular weight is 934 g/mol. The number of fused-ring (bicyclic) bond motifs is 19. The van der Waals surface area contributed by atoms with Crippen molar-refractivity contribution in [2.24, 2.45) is 0 Å². The highest BCUT2D eigenvalue weighted by molar-refractivity contribution is 6.21. The minimum Gasteiger partial charge on any atom is -0.455 e. The van der Waals surface area contributed by atoms with Crippen LogP contribution >= 0.6 is 0 Å². The number of rotatable bonds is 4. The van der Waals surface area contributed by atoms with Crippen molar-refractivity contribution in [3.63, 3.8) is 0 Å². The maximum absolute atomic E-state index is 7.02. The van der Waals surface area contributed by atoms with E-state index in [1.807, 2.05) is 0 Å². The Labute approximate surface area is 422 Å². The highest BCUT2D eigenvalue weighted by atomic mass is 16.3. The van der Waals surface area contributed by atoms with E-state index in [9.17, 15) is 0 Å². The third kappa shape index (κ3) is 5.63. The fraction of sp³-hybridized carbons (Fsp3) is 0.217. The van der Waals surface area contributed by atoms with Gasteiger partial charge in [-0.3, -0.25) is 0 Å². The molecule has 0 atom stereocenters. The minimum absolute atomic E-state index is 0.131. The van der Waals surface area contributed by atoms with E-state index in [4.69, 9.17) is 8.83 Å². The van der Waals surface area contributed by atoms with Crippen LogP contribution in [0.1, 0.15) is 112 Å². The zero-order valence-corrected chi connectivity index (χ0v) is 43.3. The summed E-state index contributed by atoms with van der Waals surface area (Å²) >= 11 is 0. The highest BCUT2D eigenvalue weighted by Gasteiger charge is 2.49. The Balaban J connectivity index is 1.01. The van der Waals surface area contributed by atoms with Crippen molar-refractivity contribution in [2.45, 2.75) is 97.8 Å². The van der Waals surface area contributed by atoms with Crippen molar-refractivity contribution in [1.29, 1.82) is 0 Å². The summed E-state index contributed by atoms with van der Waals surface area (Å²) in [5.41, 5.74) is 28.2. The molecule has 0 saturated heterocycles. The average Bonchev–Trinajstić information content (AvgIpc) is 4.11. The summed E-state index contributed by atoms with van der Waals surface area (Å²) in [6.45, 7) is 26.0. The number of furan rings is 2. The van der Waals surface area contributed by atoms with Crippen molar-refractivity contribution in [1.82, 2.24) is 0 Å². The van der Waals surface area contributed by atoms with Gasteiger partial charge in [0.05, 0.1) is 0 Å². The lowest BCUT2D eigenvalue weighted by Gasteiger charge is -2.34. The molecule has 0 unspecified atom stereocenters. The highest BCUT2D eigenvalue weighted by Crippen LogP contribution is 2.64. The topological polar surface area (TPSA) is 29.5 Å². The Morgan fingerprint density at radius 2 is 0.944 bits per heavy atom. The Morgan fingerprint density at radius 1 is 0.417 bits per heavy atom. The van der Waals surface area contributed by atoms with Gasteiger partial charge in [-0.15, -0.1) is 0 Å². The standard InChI is InChI=1S/C69H59NO2/c1-38-24-27-40(28-25-38)48-37-53-57(59-46-19-13-16-22-55(46)71-64(48)59)44-31-29-41(35-50(44)67(53,6)7)70(54-33-26-39(2)34-52(54)66(3,4)5)42-30-32-45-51(36-42)69(10,11)62-58(45)60-47-20-14-17-23-56(47)72-65(60)61-43-18-12-15-21-49(43)68(8,9)63(61)62/h12-37H,1-11H3. The molecule has 0 spiro atoms. The van der Waals surface area contributed by atoms with Gasteiger partial charge in [-0.1, -0.05) is 183 Å². The molecule has 9 aromatic carbocycles. The van der Waals surface area contributed by atoms with Gasteiger partial charge in [0.2, 0.25) is 0 Å².